The lowest BCUT2D eigenvalue weighted by Gasteiger charge is -2.29. The smallest absolute Gasteiger partial charge is 0.281 e. The van der Waals surface area contributed by atoms with Gasteiger partial charge in [0.2, 0.25) is 0 Å². The zero-order valence-electron chi connectivity index (χ0n) is 11.2. The van der Waals surface area contributed by atoms with Crippen molar-refractivity contribution in [2.24, 2.45) is 0 Å². The minimum absolute atomic E-state index is 0.00441. The van der Waals surface area contributed by atoms with Crippen molar-refractivity contribution in [1.82, 2.24) is 8.61 Å². The van der Waals surface area contributed by atoms with Gasteiger partial charge in [0, 0.05) is 40.4 Å². The average Bonchev–Trinajstić information content (AvgIpc) is 2.36. The Morgan fingerprint density at radius 1 is 1.28 bits per heavy atom. The van der Waals surface area contributed by atoms with E-state index in [0.29, 0.717) is 19.5 Å². The second-order valence-corrected chi connectivity index (χ2v) is 6.82. The van der Waals surface area contributed by atoms with Crippen molar-refractivity contribution < 1.29 is 18.3 Å². The molecule has 1 unspecified atom stereocenters. The van der Waals surface area contributed by atoms with Gasteiger partial charge >= 0.3 is 0 Å². The maximum atomic E-state index is 12.1. The summed E-state index contributed by atoms with van der Waals surface area (Å²) in [7, 11) is -0.332. The molecule has 1 fully saturated rings. The van der Waals surface area contributed by atoms with Gasteiger partial charge in [-0.25, -0.2) is 0 Å². The molecule has 1 heterocycles. The first-order chi connectivity index (χ1) is 8.48. The van der Waals surface area contributed by atoms with Crippen LogP contribution in [-0.2, 0) is 14.9 Å². The summed E-state index contributed by atoms with van der Waals surface area (Å²) < 4.78 is 32.4. The van der Waals surface area contributed by atoms with Crippen molar-refractivity contribution in [1.29, 1.82) is 0 Å². The van der Waals surface area contributed by atoms with Crippen LogP contribution >= 0.6 is 0 Å². The van der Waals surface area contributed by atoms with Crippen molar-refractivity contribution in [3.8, 4) is 0 Å². The van der Waals surface area contributed by atoms with Gasteiger partial charge in [0.15, 0.2) is 0 Å². The molecule has 0 aromatic carbocycles. The molecule has 108 valence electrons. The fraction of sp³-hybridized carbons (Fsp3) is 1.00. The number of hydrogen-bond donors (Lipinski definition) is 1. The Bertz CT molecular complexity index is 328. The fourth-order valence-electron chi connectivity index (χ4n) is 1.98. The lowest BCUT2D eigenvalue weighted by molar-refractivity contribution is 0.00803. The van der Waals surface area contributed by atoms with Gasteiger partial charge < -0.3 is 9.84 Å². The highest BCUT2D eigenvalue weighted by Gasteiger charge is 2.26. The predicted octanol–water partition coefficient (Wildman–Crippen LogP) is 0.0463. The zero-order valence-corrected chi connectivity index (χ0v) is 12.0. The molecule has 0 aliphatic carbocycles. The average molecular weight is 280 g/mol. The molecule has 0 saturated carbocycles. The van der Waals surface area contributed by atoms with E-state index in [9.17, 15) is 8.42 Å². The number of likely N-dealkylation sites (N-methyl/N-ethyl adjacent to an activating group) is 1. The van der Waals surface area contributed by atoms with E-state index in [2.05, 4.69) is 0 Å². The topological polar surface area (TPSA) is 70.1 Å². The van der Waals surface area contributed by atoms with E-state index in [1.54, 1.807) is 7.05 Å². The lowest BCUT2D eigenvalue weighted by atomic mass is 10.1. The van der Waals surface area contributed by atoms with E-state index in [1.165, 1.54) is 15.7 Å². The van der Waals surface area contributed by atoms with Gasteiger partial charge in [-0.2, -0.15) is 17.0 Å². The van der Waals surface area contributed by atoms with Crippen LogP contribution in [0.4, 0.5) is 0 Å². The Kier molecular flexibility index (Phi) is 6.51. The Labute approximate surface area is 110 Å². The van der Waals surface area contributed by atoms with Crippen molar-refractivity contribution >= 4 is 10.2 Å². The van der Waals surface area contributed by atoms with Crippen molar-refractivity contribution in [3.05, 3.63) is 0 Å². The van der Waals surface area contributed by atoms with E-state index < -0.39 is 10.2 Å². The normalized spacial score (nSPS) is 21.7. The lowest BCUT2D eigenvalue weighted by Crippen LogP contribution is -2.44. The number of nitrogens with zero attached hydrogens (tertiary/aromatic N) is 2. The van der Waals surface area contributed by atoms with Crippen LogP contribution in [0, 0.1) is 0 Å². The summed E-state index contributed by atoms with van der Waals surface area (Å²) in [6.45, 7) is 1.44. The number of rotatable bonds is 7. The summed E-state index contributed by atoms with van der Waals surface area (Å²) in [5.74, 6) is 0. The monoisotopic (exact) mass is 280 g/mol. The molecular weight excluding hydrogens is 256 g/mol. The first-order valence-corrected chi connectivity index (χ1v) is 7.78. The van der Waals surface area contributed by atoms with Crippen LogP contribution in [0.15, 0.2) is 0 Å². The summed E-state index contributed by atoms with van der Waals surface area (Å²) in [5.41, 5.74) is 0. The van der Waals surface area contributed by atoms with Gasteiger partial charge in [0.25, 0.3) is 10.2 Å². The van der Waals surface area contributed by atoms with E-state index in [4.69, 9.17) is 9.84 Å². The highest BCUT2D eigenvalue weighted by molar-refractivity contribution is 7.86. The van der Waals surface area contributed by atoms with Gasteiger partial charge in [-0.05, 0) is 25.7 Å². The van der Waals surface area contributed by atoms with Gasteiger partial charge in [0.1, 0.15) is 0 Å². The third-order valence-corrected chi connectivity index (χ3v) is 5.06. The van der Waals surface area contributed by atoms with Gasteiger partial charge in [-0.15, -0.1) is 0 Å². The molecule has 1 saturated heterocycles. The largest absolute Gasteiger partial charge is 0.396 e. The van der Waals surface area contributed by atoms with Crippen molar-refractivity contribution in [2.45, 2.75) is 31.8 Å². The van der Waals surface area contributed by atoms with Crippen LogP contribution in [0.2, 0.25) is 0 Å². The van der Waals surface area contributed by atoms with Crippen LogP contribution in [0.5, 0.6) is 0 Å². The minimum atomic E-state index is -3.44. The van der Waals surface area contributed by atoms with Crippen molar-refractivity contribution in [2.75, 3.05) is 40.4 Å². The maximum Gasteiger partial charge on any atom is 0.281 e. The van der Waals surface area contributed by atoms with E-state index in [0.717, 1.165) is 25.9 Å². The molecule has 7 heteroatoms. The van der Waals surface area contributed by atoms with Gasteiger partial charge in [0.05, 0.1) is 6.10 Å². The van der Waals surface area contributed by atoms with Crippen LogP contribution in [0.25, 0.3) is 0 Å². The summed E-state index contributed by atoms with van der Waals surface area (Å²) in [5, 5.41) is 8.73. The Morgan fingerprint density at radius 2 is 2.00 bits per heavy atom. The third-order valence-electron chi connectivity index (χ3n) is 3.15. The molecule has 1 rings (SSSR count). The number of ether oxygens (including phenoxy) is 1. The first kappa shape index (κ1) is 15.8. The van der Waals surface area contributed by atoms with Crippen molar-refractivity contribution in [3.63, 3.8) is 0 Å². The highest BCUT2D eigenvalue weighted by Crippen LogP contribution is 2.15. The zero-order chi connectivity index (χ0) is 13.6. The fourth-order valence-corrected chi connectivity index (χ4v) is 3.17. The molecule has 0 aromatic heterocycles. The summed E-state index contributed by atoms with van der Waals surface area (Å²) >= 11 is 0. The van der Waals surface area contributed by atoms with E-state index in [-0.39, 0.29) is 12.7 Å². The molecule has 18 heavy (non-hydrogen) atoms. The SMILES string of the molecule is CN(CCCO)S(=O)(=O)N(C)CC1CCCCO1. The minimum Gasteiger partial charge on any atom is -0.396 e. The standard InChI is InChI=1S/C11H24N2O4S/c1-12(7-5-8-14)18(15,16)13(2)10-11-6-3-4-9-17-11/h11,14H,3-10H2,1-2H3. The quantitative estimate of drug-likeness (QED) is 0.715. The van der Waals surface area contributed by atoms with E-state index in [1.807, 2.05) is 0 Å². The molecule has 0 aromatic rings. The predicted molar refractivity (Wildman–Crippen MR) is 69.5 cm³/mol. The molecular formula is C11H24N2O4S. The van der Waals surface area contributed by atoms with E-state index >= 15 is 0 Å². The molecule has 1 aliphatic rings. The number of aliphatic hydroxyl groups excluding tert-OH is 1. The molecule has 0 bridgehead atoms. The Morgan fingerprint density at radius 3 is 2.56 bits per heavy atom. The molecule has 1 N–H and O–H groups in total. The van der Waals surface area contributed by atoms with Gasteiger partial charge in [-0.3, -0.25) is 0 Å². The van der Waals surface area contributed by atoms with Crippen LogP contribution in [0.3, 0.4) is 0 Å². The molecule has 1 aliphatic heterocycles. The van der Waals surface area contributed by atoms with Crippen LogP contribution in [0.1, 0.15) is 25.7 Å². The first-order valence-electron chi connectivity index (χ1n) is 6.38. The summed E-state index contributed by atoms with van der Waals surface area (Å²) in [6.07, 6.45) is 3.52. The number of aliphatic hydroxyl groups is 1. The van der Waals surface area contributed by atoms with Crippen LogP contribution < -0.4 is 0 Å². The molecule has 0 amide bonds. The molecule has 6 nitrogen and oxygen atoms in total. The summed E-state index contributed by atoms with van der Waals surface area (Å²) in [6, 6.07) is 0. The second-order valence-electron chi connectivity index (χ2n) is 4.68. The molecule has 1 atom stereocenters. The Hall–Kier alpha value is -0.210. The maximum absolute atomic E-state index is 12.1. The molecule has 0 spiro atoms. The second kappa shape index (κ2) is 7.40. The van der Waals surface area contributed by atoms with Gasteiger partial charge in [-0.1, -0.05) is 0 Å². The molecule has 0 radical (unpaired) electrons. The third kappa shape index (κ3) is 4.47. The van der Waals surface area contributed by atoms with Crippen LogP contribution in [-0.4, -0.2) is 68.6 Å². The highest BCUT2D eigenvalue weighted by atomic mass is 32.2. The Balaban J connectivity index is 2.49. The summed E-state index contributed by atoms with van der Waals surface area (Å²) in [4.78, 5) is 0. The number of hydrogen-bond acceptors (Lipinski definition) is 4.